The number of ether oxygens (including phenoxy) is 1. The van der Waals surface area contributed by atoms with Gasteiger partial charge in [0.25, 0.3) is 0 Å². The Labute approximate surface area is 158 Å². The van der Waals surface area contributed by atoms with Gasteiger partial charge in [0.15, 0.2) is 0 Å². The minimum Gasteiger partial charge on any atom is -0.495 e. The van der Waals surface area contributed by atoms with E-state index in [0.29, 0.717) is 18.6 Å². The molecule has 0 radical (unpaired) electrons. The van der Waals surface area contributed by atoms with Crippen LogP contribution in [-0.4, -0.2) is 18.2 Å². The van der Waals surface area contributed by atoms with E-state index in [1.54, 1.807) is 6.08 Å². The number of rotatable bonds is 4. The van der Waals surface area contributed by atoms with Crippen molar-refractivity contribution in [2.75, 3.05) is 7.11 Å². The summed E-state index contributed by atoms with van der Waals surface area (Å²) in [6.07, 6.45) is 3.18. The number of carboxylic acid groups (broad SMARTS) is 1. The van der Waals surface area contributed by atoms with E-state index in [1.165, 1.54) is 23.4 Å². The molecule has 1 N–H and O–H groups in total. The van der Waals surface area contributed by atoms with Gasteiger partial charge in [-0.05, 0) is 40.8 Å². The molecule has 0 spiro atoms. The standard InChI is InChI=1S/C24H20O3/c1-27-23-21-12-5-3-8-19(21)14-16(15-22(23)24(25)26)13-18-10-6-9-17-7-2-4-11-20(17)18/h2-12,15H,13-14H2,1H3,(H,25,26). The van der Waals surface area contributed by atoms with Crippen molar-refractivity contribution in [3.8, 4) is 0 Å². The Morgan fingerprint density at radius 1 is 1.00 bits per heavy atom. The summed E-state index contributed by atoms with van der Waals surface area (Å²) in [6.45, 7) is 0. The van der Waals surface area contributed by atoms with Crippen molar-refractivity contribution >= 4 is 22.5 Å². The average Bonchev–Trinajstić information content (AvgIpc) is 2.84. The van der Waals surface area contributed by atoms with Gasteiger partial charge in [-0.1, -0.05) is 72.3 Å². The zero-order chi connectivity index (χ0) is 18.8. The van der Waals surface area contributed by atoms with Crippen LogP contribution < -0.4 is 0 Å². The minimum atomic E-state index is -0.973. The number of fused-ring (bicyclic) bond motifs is 2. The van der Waals surface area contributed by atoms with Gasteiger partial charge in [0.05, 0.1) is 7.11 Å². The van der Waals surface area contributed by atoms with E-state index in [2.05, 4.69) is 30.3 Å². The van der Waals surface area contributed by atoms with E-state index in [0.717, 1.165) is 16.7 Å². The first-order chi connectivity index (χ1) is 13.2. The van der Waals surface area contributed by atoms with Gasteiger partial charge in [0.1, 0.15) is 11.3 Å². The Bertz CT molecular complexity index is 1080. The maximum atomic E-state index is 11.9. The van der Waals surface area contributed by atoms with Crippen LogP contribution in [0.15, 0.2) is 84.0 Å². The molecule has 27 heavy (non-hydrogen) atoms. The van der Waals surface area contributed by atoms with Crippen molar-refractivity contribution in [2.24, 2.45) is 0 Å². The first kappa shape index (κ1) is 17.1. The van der Waals surface area contributed by atoms with Gasteiger partial charge in [0.2, 0.25) is 0 Å². The molecule has 1 aliphatic carbocycles. The van der Waals surface area contributed by atoms with Crippen LogP contribution in [0.2, 0.25) is 0 Å². The van der Waals surface area contributed by atoms with Gasteiger partial charge in [0, 0.05) is 5.56 Å². The molecule has 0 bridgehead atoms. The van der Waals surface area contributed by atoms with Crippen molar-refractivity contribution < 1.29 is 14.6 Å². The third-order valence-electron chi connectivity index (χ3n) is 5.00. The summed E-state index contributed by atoms with van der Waals surface area (Å²) < 4.78 is 5.49. The number of allylic oxidation sites excluding steroid dienone is 1. The molecule has 0 amide bonds. The third kappa shape index (κ3) is 3.24. The average molecular weight is 356 g/mol. The molecule has 3 nitrogen and oxygen atoms in total. The van der Waals surface area contributed by atoms with Crippen molar-refractivity contribution in [3.63, 3.8) is 0 Å². The lowest BCUT2D eigenvalue weighted by Crippen LogP contribution is -2.04. The van der Waals surface area contributed by atoms with Crippen LogP contribution in [0.3, 0.4) is 0 Å². The van der Waals surface area contributed by atoms with Crippen molar-refractivity contribution in [1.82, 2.24) is 0 Å². The number of methoxy groups -OCH3 is 1. The lowest BCUT2D eigenvalue weighted by molar-refractivity contribution is -0.132. The molecule has 4 rings (SSSR count). The zero-order valence-corrected chi connectivity index (χ0v) is 15.1. The van der Waals surface area contributed by atoms with E-state index in [-0.39, 0.29) is 5.57 Å². The third-order valence-corrected chi connectivity index (χ3v) is 5.00. The van der Waals surface area contributed by atoms with Crippen LogP contribution in [0.25, 0.3) is 16.5 Å². The second-order valence-corrected chi connectivity index (χ2v) is 6.70. The smallest absolute Gasteiger partial charge is 0.339 e. The Morgan fingerprint density at radius 3 is 2.56 bits per heavy atom. The molecule has 1 aliphatic rings. The summed E-state index contributed by atoms with van der Waals surface area (Å²) in [4.78, 5) is 11.9. The molecule has 0 heterocycles. The highest BCUT2D eigenvalue weighted by Gasteiger charge is 2.22. The van der Waals surface area contributed by atoms with E-state index in [9.17, 15) is 9.90 Å². The number of benzene rings is 3. The van der Waals surface area contributed by atoms with E-state index in [4.69, 9.17) is 4.74 Å². The Kier molecular flexibility index (Phi) is 4.51. The van der Waals surface area contributed by atoms with Crippen LogP contribution in [0.4, 0.5) is 0 Å². The molecule has 3 heteroatoms. The highest BCUT2D eigenvalue weighted by atomic mass is 16.5. The summed E-state index contributed by atoms with van der Waals surface area (Å²) in [7, 11) is 1.53. The predicted octanol–water partition coefficient (Wildman–Crippen LogP) is 5.01. The SMILES string of the molecule is COC1=C(C(=O)O)C=C(Cc2cccc3ccccc23)Cc2ccccc21. The normalized spacial score (nSPS) is 13.7. The van der Waals surface area contributed by atoms with Crippen molar-refractivity contribution in [2.45, 2.75) is 12.8 Å². The van der Waals surface area contributed by atoms with E-state index < -0.39 is 5.97 Å². The molecule has 134 valence electrons. The molecule has 0 atom stereocenters. The molecule has 0 aliphatic heterocycles. The summed E-state index contributed by atoms with van der Waals surface area (Å²) >= 11 is 0. The number of hydrogen-bond donors (Lipinski definition) is 1. The number of aliphatic carboxylic acids is 1. The largest absolute Gasteiger partial charge is 0.495 e. The zero-order valence-electron chi connectivity index (χ0n) is 15.1. The van der Waals surface area contributed by atoms with Crippen LogP contribution in [0, 0.1) is 0 Å². The Hall–Kier alpha value is -3.33. The Morgan fingerprint density at radius 2 is 1.74 bits per heavy atom. The van der Waals surface area contributed by atoms with E-state index in [1.807, 2.05) is 36.4 Å². The summed E-state index contributed by atoms with van der Waals surface area (Å²) in [6, 6.07) is 22.4. The molecule has 0 fully saturated rings. The number of hydrogen-bond acceptors (Lipinski definition) is 2. The van der Waals surface area contributed by atoms with Gasteiger partial charge < -0.3 is 9.84 Å². The van der Waals surface area contributed by atoms with Crippen molar-refractivity contribution in [1.29, 1.82) is 0 Å². The van der Waals surface area contributed by atoms with Crippen molar-refractivity contribution in [3.05, 3.63) is 101 Å². The summed E-state index contributed by atoms with van der Waals surface area (Å²) in [5, 5.41) is 12.2. The molecule has 3 aromatic carbocycles. The quantitative estimate of drug-likeness (QED) is 0.715. The second kappa shape index (κ2) is 7.12. The predicted molar refractivity (Wildman–Crippen MR) is 107 cm³/mol. The molecule has 0 unspecified atom stereocenters. The van der Waals surface area contributed by atoms with Gasteiger partial charge in [-0.2, -0.15) is 0 Å². The monoisotopic (exact) mass is 356 g/mol. The lowest BCUT2D eigenvalue weighted by Gasteiger charge is -2.12. The number of carboxylic acids is 1. The molecule has 0 aromatic heterocycles. The summed E-state index contributed by atoms with van der Waals surface area (Å²) in [5.41, 5.74) is 4.39. The van der Waals surface area contributed by atoms with Gasteiger partial charge in [-0.15, -0.1) is 0 Å². The lowest BCUT2D eigenvalue weighted by atomic mass is 9.94. The van der Waals surface area contributed by atoms with Crippen LogP contribution in [-0.2, 0) is 22.4 Å². The summed E-state index contributed by atoms with van der Waals surface area (Å²) in [5.74, 6) is -0.551. The topological polar surface area (TPSA) is 46.5 Å². The molecule has 0 saturated heterocycles. The second-order valence-electron chi connectivity index (χ2n) is 6.70. The number of carbonyl (C=O) groups is 1. The fraction of sp³-hybridized carbons (Fsp3) is 0.125. The minimum absolute atomic E-state index is 0.206. The first-order valence-electron chi connectivity index (χ1n) is 8.93. The van der Waals surface area contributed by atoms with Gasteiger partial charge in [-0.25, -0.2) is 4.79 Å². The maximum Gasteiger partial charge on any atom is 0.339 e. The molecule has 0 saturated carbocycles. The fourth-order valence-electron chi connectivity index (χ4n) is 3.79. The Balaban J connectivity index is 1.83. The van der Waals surface area contributed by atoms with Crippen LogP contribution in [0.1, 0.15) is 16.7 Å². The maximum absolute atomic E-state index is 11.9. The first-order valence-corrected chi connectivity index (χ1v) is 8.93. The molecular formula is C24H20O3. The van der Waals surface area contributed by atoms with Gasteiger partial charge >= 0.3 is 5.97 Å². The highest BCUT2D eigenvalue weighted by molar-refractivity contribution is 5.99. The van der Waals surface area contributed by atoms with E-state index >= 15 is 0 Å². The van der Waals surface area contributed by atoms with Crippen LogP contribution >= 0.6 is 0 Å². The molecule has 3 aromatic rings. The fourth-order valence-corrected chi connectivity index (χ4v) is 3.79. The van der Waals surface area contributed by atoms with Crippen LogP contribution in [0.5, 0.6) is 0 Å². The highest BCUT2D eigenvalue weighted by Crippen LogP contribution is 2.32. The van der Waals surface area contributed by atoms with Gasteiger partial charge in [-0.3, -0.25) is 0 Å². The molecular weight excluding hydrogens is 336 g/mol.